The highest BCUT2D eigenvalue weighted by molar-refractivity contribution is 5.79. The van der Waals surface area contributed by atoms with Gasteiger partial charge in [-0.3, -0.25) is 9.36 Å². The van der Waals surface area contributed by atoms with Gasteiger partial charge in [-0.15, -0.1) is 0 Å². The van der Waals surface area contributed by atoms with Crippen molar-refractivity contribution in [1.29, 1.82) is 0 Å². The molecule has 0 spiro atoms. The van der Waals surface area contributed by atoms with Crippen LogP contribution in [0.15, 0.2) is 48.7 Å². The maximum Gasteiger partial charge on any atom is 0.322 e. The van der Waals surface area contributed by atoms with Crippen molar-refractivity contribution in [3.63, 3.8) is 0 Å². The Morgan fingerprint density at radius 1 is 1.19 bits per heavy atom. The first-order valence-corrected chi connectivity index (χ1v) is 8.87. The Kier molecular flexibility index (Phi) is 5.38. The molecular weight excluding hydrogens is 326 g/mol. The molecule has 0 aliphatic heterocycles. The third kappa shape index (κ3) is 3.78. The lowest BCUT2D eigenvalue weighted by molar-refractivity contribution is -0.142. The Morgan fingerprint density at radius 3 is 2.58 bits per heavy atom. The van der Waals surface area contributed by atoms with Crippen molar-refractivity contribution in [2.24, 2.45) is 11.7 Å². The predicted molar refractivity (Wildman–Crippen MR) is 103 cm³/mol. The maximum atomic E-state index is 11.5. The van der Waals surface area contributed by atoms with Crippen LogP contribution in [0, 0.1) is 5.92 Å². The fraction of sp³-hybridized carbons (Fsp3) is 0.333. The van der Waals surface area contributed by atoms with Crippen LogP contribution in [0.1, 0.15) is 25.1 Å². The zero-order chi connectivity index (χ0) is 18.7. The summed E-state index contributed by atoms with van der Waals surface area (Å²) in [6.07, 6.45) is 3.25. The number of pyridine rings is 1. The highest BCUT2D eigenvalue weighted by atomic mass is 16.5. The van der Waals surface area contributed by atoms with Gasteiger partial charge in [0.1, 0.15) is 11.7 Å². The van der Waals surface area contributed by atoms with Gasteiger partial charge in [-0.25, -0.2) is 4.98 Å². The molecule has 0 amide bonds. The Morgan fingerprint density at radius 2 is 1.92 bits per heavy atom. The van der Waals surface area contributed by atoms with Crippen LogP contribution < -0.4 is 5.73 Å². The van der Waals surface area contributed by atoms with Gasteiger partial charge in [0.15, 0.2) is 0 Å². The van der Waals surface area contributed by atoms with Gasteiger partial charge in [-0.1, -0.05) is 26.0 Å². The largest absolute Gasteiger partial charge is 0.468 e. The second kappa shape index (κ2) is 7.70. The summed E-state index contributed by atoms with van der Waals surface area (Å²) < 4.78 is 6.90. The molecule has 2 heterocycles. The standard InChI is InChI=1S/C21H25N3O2/c1-14(2)11-18-13-16-5-4-10-23-20(16)24(18)17-8-6-15(7-9-17)12-19(22)21(25)26-3/h4-10,13-14,19H,11-12,22H2,1-3H3/t19-/m0/s1. The summed E-state index contributed by atoms with van der Waals surface area (Å²) in [6.45, 7) is 4.43. The number of esters is 1. The quantitative estimate of drug-likeness (QED) is 0.692. The number of nitrogens with two attached hydrogens (primary N) is 1. The fourth-order valence-electron chi connectivity index (χ4n) is 3.22. The third-order valence-corrected chi connectivity index (χ3v) is 4.41. The topological polar surface area (TPSA) is 70.1 Å². The number of carbonyl (C=O) groups is 1. The molecule has 0 fully saturated rings. The number of methoxy groups -OCH3 is 1. The summed E-state index contributed by atoms with van der Waals surface area (Å²) in [6, 6.07) is 13.7. The average molecular weight is 351 g/mol. The van der Waals surface area contributed by atoms with Gasteiger partial charge in [0.2, 0.25) is 0 Å². The molecule has 5 heteroatoms. The van der Waals surface area contributed by atoms with E-state index in [9.17, 15) is 4.79 Å². The minimum Gasteiger partial charge on any atom is -0.468 e. The Bertz CT molecular complexity index is 897. The minimum absolute atomic E-state index is 0.395. The Balaban J connectivity index is 1.95. The molecular formula is C21H25N3O2. The van der Waals surface area contributed by atoms with E-state index in [0.717, 1.165) is 28.7 Å². The molecule has 5 nitrogen and oxygen atoms in total. The summed E-state index contributed by atoms with van der Waals surface area (Å²) in [5, 5.41) is 1.14. The zero-order valence-electron chi connectivity index (χ0n) is 15.5. The number of nitrogens with zero attached hydrogens (tertiary/aromatic N) is 2. The van der Waals surface area contributed by atoms with Crippen LogP contribution in [0.4, 0.5) is 0 Å². The van der Waals surface area contributed by atoms with Crippen molar-refractivity contribution in [3.05, 3.63) is 59.9 Å². The number of rotatable bonds is 6. The van der Waals surface area contributed by atoms with E-state index in [4.69, 9.17) is 10.5 Å². The van der Waals surface area contributed by atoms with Crippen LogP contribution in [0.3, 0.4) is 0 Å². The lowest BCUT2D eigenvalue weighted by Crippen LogP contribution is -2.33. The molecule has 1 aromatic carbocycles. The lowest BCUT2D eigenvalue weighted by Gasteiger charge is -2.13. The highest BCUT2D eigenvalue weighted by Gasteiger charge is 2.15. The maximum absolute atomic E-state index is 11.5. The van der Waals surface area contributed by atoms with Crippen molar-refractivity contribution in [2.75, 3.05) is 7.11 Å². The molecule has 0 unspecified atom stereocenters. The minimum atomic E-state index is -0.642. The summed E-state index contributed by atoms with van der Waals surface area (Å²) >= 11 is 0. The number of aromatic nitrogens is 2. The average Bonchev–Trinajstić information content (AvgIpc) is 2.98. The molecule has 0 aliphatic carbocycles. The highest BCUT2D eigenvalue weighted by Crippen LogP contribution is 2.25. The van der Waals surface area contributed by atoms with E-state index in [0.29, 0.717) is 12.3 Å². The van der Waals surface area contributed by atoms with E-state index in [2.05, 4.69) is 47.7 Å². The van der Waals surface area contributed by atoms with Gasteiger partial charge in [0, 0.05) is 23.0 Å². The Labute approximate surface area is 153 Å². The summed E-state index contributed by atoms with van der Waals surface area (Å²) in [4.78, 5) is 16.1. The molecule has 0 bridgehead atoms. The molecule has 0 saturated heterocycles. The van der Waals surface area contributed by atoms with Gasteiger partial charge in [0.05, 0.1) is 7.11 Å². The smallest absolute Gasteiger partial charge is 0.322 e. The van der Waals surface area contributed by atoms with Crippen LogP contribution in [0.2, 0.25) is 0 Å². The molecule has 2 aromatic heterocycles. The second-order valence-electron chi connectivity index (χ2n) is 6.99. The molecule has 0 aliphatic rings. The Hall–Kier alpha value is -2.66. The molecule has 0 radical (unpaired) electrons. The predicted octanol–water partition coefficient (Wildman–Crippen LogP) is 3.27. The van der Waals surface area contributed by atoms with E-state index in [1.165, 1.54) is 12.8 Å². The summed E-state index contributed by atoms with van der Waals surface area (Å²) in [5.41, 5.74) is 10.1. The number of hydrogen-bond acceptors (Lipinski definition) is 4. The van der Waals surface area contributed by atoms with Crippen molar-refractivity contribution in [1.82, 2.24) is 9.55 Å². The molecule has 0 saturated carbocycles. The van der Waals surface area contributed by atoms with Gasteiger partial charge < -0.3 is 10.5 Å². The summed E-state index contributed by atoms with van der Waals surface area (Å²) in [7, 11) is 1.35. The van der Waals surface area contributed by atoms with E-state index < -0.39 is 12.0 Å². The van der Waals surface area contributed by atoms with Crippen molar-refractivity contribution >= 4 is 17.0 Å². The van der Waals surface area contributed by atoms with Crippen LogP contribution in [-0.2, 0) is 22.4 Å². The first-order valence-electron chi connectivity index (χ1n) is 8.87. The number of hydrogen-bond donors (Lipinski definition) is 1. The van der Waals surface area contributed by atoms with Gasteiger partial charge in [-0.2, -0.15) is 0 Å². The van der Waals surface area contributed by atoms with Crippen LogP contribution in [0.5, 0.6) is 0 Å². The first kappa shape index (κ1) is 18.1. The molecule has 2 N–H and O–H groups in total. The molecule has 136 valence electrons. The fourth-order valence-corrected chi connectivity index (χ4v) is 3.22. The van der Waals surface area contributed by atoms with E-state index in [1.807, 2.05) is 24.4 Å². The normalized spacial score (nSPS) is 12.5. The van der Waals surface area contributed by atoms with Crippen LogP contribution >= 0.6 is 0 Å². The van der Waals surface area contributed by atoms with Gasteiger partial charge >= 0.3 is 5.97 Å². The number of ether oxygens (including phenoxy) is 1. The SMILES string of the molecule is COC(=O)[C@@H](N)Cc1ccc(-n2c(CC(C)C)cc3cccnc32)cc1. The number of benzene rings is 1. The molecule has 26 heavy (non-hydrogen) atoms. The molecule has 3 aromatic rings. The number of fused-ring (bicyclic) bond motifs is 1. The number of carbonyl (C=O) groups excluding carboxylic acids is 1. The van der Waals surface area contributed by atoms with Crippen LogP contribution in [-0.4, -0.2) is 28.7 Å². The molecule has 3 rings (SSSR count). The first-order chi connectivity index (χ1) is 12.5. The van der Waals surface area contributed by atoms with Crippen molar-refractivity contribution < 1.29 is 9.53 Å². The lowest BCUT2D eigenvalue weighted by atomic mass is 10.1. The monoisotopic (exact) mass is 351 g/mol. The molecule has 1 atom stereocenters. The van der Waals surface area contributed by atoms with E-state index in [-0.39, 0.29) is 0 Å². The van der Waals surface area contributed by atoms with Gasteiger partial charge in [-0.05, 0) is 54.7 Å². The van der Waals surface area contributed by atoms with Crippen molar-refractivity contribution in [3.8, 4) is 5.69 Å². The third-order valence-electron chi connectivity index (χ3n) is 4.41. The van der Waals surface area contributed by atoms with E-state index in [1.54, 1.807) is 0 Å². The summed E-state index contributed by atoms with van der Waals surface area (Å²) in [5.74, 6) is 0.157. The van der Waals surface area contributed by atoms with Gasteiger partial charge in [0.25, 0.3) is 0 Å². The van der Waals surface area contributed by atoms with Crippen LogP contribution in [0.25, 0.3) is 16.7 Å². The van der Waals surface area contributed by atoms with Crippen molar-refractivity contribution in [2.45, 2.75) is 32.7 Å². The zero-order valence-corrected chi connectivity index (χ0v) is 15.5. The second-order valence-corrected chi connectivity index (χ2v) is 6.99. The van der Waals surface area contributed by atoms with E-state index >= 15 is 0 Å².